The molecule has 0 atom stereocenters. The Morgan fingerprint density at radius 3 is 2.45 bits per heavy atom. The number of amides is 1. The van der Waals surface area contributed by atoms with E-state index in [1.807, 2.05) is 0 Å². The highest BCUT2D eigenvalue weighted by atomic mass is 16.6. The van der Waals surface area contributed by atoms with Crippen molar-refractivity contribution in [3.63, 3.8) is 0 Å². The number of rotatable bonds is 3. The molecule has 0 aliphatic heterocycles. The summed E-state index contributed by atoms with van der Waals surface area (Å²) in [7, 11) is 3.07. The molecular formula is C11H11N5O4. The SMILES string of the molecule is CN(C)C(=O)c1nn(-c2ccc([N+](=O)[O-])cc2)c(=O)[nH]1. The summed E-state index contributed by atoms with van der Waals surface area (Å²) in [5.74, 6) is -0.541. The van der Waals surface area contributed by atoms with Crippen molar-refractivity contribution in [2.45, 2.75) is 0 Å². The zero-order chi connectivity index (χ0) is 14.9. The van der Waals surface area contributed by atoms with Crippen molar-refractivity contribution in [3.8, 4) is 5.69 Å². The lowest BCUT2D eigenvalue weighted by Gasteiger charge is -2.05. The third-order valence-corrected chi connectivity index (χ3v) is 2.53. The molecule has 1 amide bonds. The quantitative estimate of drug-likeness (QED) is 0.634. The number of nitro benzene ring substituents is 1. The molecule has 104 valence electrons. The third-order valence-electron chi connectivity index (χ3n) is 2.53. The molecule has 0 unspecified atom stereocenters. The molecule has 0 bridgehead atoms. The predicted octanol–water partition coefficient (Wildman–Crippen LogP) is 0.171. The molecule has 20 heavy (non-hydrogen) atoms. The Morgan fingerprint density at radius 2 is 1.95 bits per heavy atom. The summed E-state index contributed by atoms with van der Waals surface area (Å²) in [4.78, 5) is 37.0. The van der Waals surface area contributed by atoms with Crippen LogP contribution >= 0.6 is 0 Å². The average molecular weight is 277 g/mol. The largest absolute Gasteiger partial charge is 0.348 e. The van der Waals surface area contributed by atoms with E-state index in [0.29, 0.717) is 5.69 Å². The van der Waals surface area contributed by atoms with Gasteiger partial charge in [0.1, 0.15) is 0 Å². The van der Waals surface area contributed by atoms with Crippen LogP contribution in [0.25, 0.3) is 5.69 Å². The first-order valence-corrected chi connectivity index (χ1v) is 5.56. The highest BCUT2D eigenvalue weighted by Crippen LogP contribution is 2.13. The highest BCUT2D eigenvalue weighted by molar-refractivity contribution is 5.89. The minimum atomic E-state index is -0.593. The molecule has 9 heteroatoms. The van der Waals surface area contributed by atoms with Crippen molar-refractivity contribution in [2.24, 2.45) is 0 Å². The maximum Gasteiger partial charge on any atom is 0.348 e. The second kappa shape index (κ2) is 4.96. The molecule has 0 fully saturated rings. The fourth-order valence-corrected chi connectivity index (χ4v) is 1.52. The number of nitro groups is 1. The summed E-state index contributed by atoms with van der Waals surface area (Å²) in [5, 5.41) is 14.4. The van der Waals surface area contributed by atoms with Gasteiger partial charge >= 0.3 is 5.69 Å². The van der Waals surface area contributed by atoms with E-state index < -0.39 is 16.5 Å². The van der Waals surface area contributed by atoms with Crippen LogP contribution in [0.4, 0.5) is 5.69 Å². The van der Waals surface area contributed by atoms with Crippen LogP contribution in [0.5, 0.6) is 0 Å². The van der Waals surface area contributed by atoms with Crippen molar-refractivity contribution in [1.29, 1.82) is 0 Å². The van der Waals surface area contributed by atoms with Gasteiger partial charge in [-0.3, -0.25) is 19.9 Å². The number of H-pyrrole nitrogens is 1. The van der Waals surface area contributed by atoms with E-state index in [4.69, 9.17) is 0 Å². The second-order valence-corrected chi connectivity index (χ2v) is 4.16. The summed E-state index contributed by atoms with van der Waals surface area (Å²) < 4.78 is 0.973. The van der Waals surface area contributed by atoms with Gasteiger partial charge in [-0.25, -0.2) is 4.79 Å². The number of aromatic nitrogens is 3. The molecule has 0 saturated heterocycles. The van der Waals surface area contributed by atoms with E-state index in [-0.39, 0.29) is 11.5 Å². The molecule has 2 aromatic rings. The summed E-state index contributed by atoms with van der Waals surface area (Å²) >= 11 is 0. The van der Waals surface area contributed by atoms with Gasteiger partial charge in [-0.1, -0.05) is 0 Å². The van der Waals surface area contributed by atoms with Crippen LogP contribution in [0, 0.1) is 10.1 Å². The van der Waals surface area contributed by atoms with Crippen molar-refractivity contribution >= 4 is 11.6 Å². The summed E-state index contributed by atoms with van der Waals surface area (Å²) in [6, 6.07) is 5.27. The van der Waals surface area contributed by atoms with E-state index in [0.717, 1.165) is 4.68 Å². The molecule has 9 nitrogen and oxygen atoms in total. The minimum Gasteiger partial charge on any atom is -0.342 e. The molecule has 1 aromatic carbocycles. The molecular weight excluding hydrogens is 266 g/mol. The van der Waals surface area contributed by atoms with Gasteiger partial charge in [-0.2, -0.15) is 4.68 Å². The van der Waals surface area contributed by atoms with Crippen LogP contribution < -0.4 is 5.69 Å². The highest BCUT2D eigenvalue weighted by Gasteiger charge is 2.16. The average Bonchev–Trinajstić information content (AvgIpc) is 2.79. The lowest BCUT2D eigenvalue weighted by molar-refractivity contribution is -0.384. The molecule has 0 radical (unpaired) electrons. The molecule has 0 saturated carbocycles. The molecule has 0 aliphatic rings. The zero-order valence-electron chi connectivity index (χ0n) is 10.7. The van der Waals surface area contributed by atoms with Crippen molar-refractivity contribution in [1.82, 2.24) is 19.7 Å². The number of nitrogens with zero attached hydrogens (tertiary/aromatic N) is 4. The number of nitrogens with one attached hydrogen (secondary N) is 1. The number of hydrogen-bond donors (Lipinski definition) is 1. The predicted molar refractivity (Wildman–Crippen MR) is 68.9 cm³/mol. The Kier molecular flexibility index (Phi) is 3.34. The molecule has 0 aliphatic carbocycles. The van der Waals surface area contributed by atoms with E-state index in [1.54, 1.807) is 0 Å². The second-order valence-electron chi connectivity index (χ2n) is 4.16. The topological polar surface area (TPSA) is 114 Å². The number of carbonyl (C=O) groups is 1. The first-order chi connectivity index (χ1) is 9.40. The van der Waals surface area contributed by atoms with Crippen LogP contribution in [0.2, 0.25) is 0 Å². The lowest BCUT2D eigenvalue weighted by Crippen LogP contribution is -2.23. The maximum absolute atomic E-state index is 11.7. The van der Waals surface area contributed by atoms with Gasteiger partial charge in [0.25, 0.3) is 11.6 Å². The Labute approximate surface area is 112 Å². The minimum absolute atomic E-state index is 0.0954. The molecule has 1 N–H and O–H groups in total. The Balaban J connectivity index is 2.41. The number of carbonyl (C=O) groups excluding carboxylic acids is 1. The third kappa shape index (κ3) is 2.41. The van der Waals surface area contributed by atoms with Crippen molar-refractivity contribution < 1.29 is 9.72 Å². The van der Waals surface area contributed by atoms with Gasteiger partial charge in [0.2, 0.25) is 5.82 Å². The summed E-state index contributed by atoms with van der Waals surface area (Å²) in [5.41, 5.74) is -0.361. The van der Waals surface area contributed by atoms with Crippen LogP contribution in [-0.2, 0) is 0 Å². The molecule has 1 heterocycles. The van der Waals surface area contributed by atoms with E-state index in [1.165, 1.54) is 43.3 Å². The number of non-ortho nitro benzene ring substituents is 1. The van der Waals surface area contributed by atoms with E-state index in [9.17, 15) is 19.7 Å². The maximum atomic E-state index is 11.7. The zero-order valence-corrected chi connectivity index (χ0v) is 10.7. The number of aromatic amines is 1. The molecule has 1 aromatic heterocycles. The van der Waals surface area contributed by atoms with Gasteiger partial charge in [-0.05, 0) is 12.1 Å². The van der Waals surface area contributed by atoms with Gasteiger partial charge in [-0.15, -0.1) is 5.10 Å². The number of hydrogen-bond acceptors (Lipinski definition) is 5. The first kappa shape index (κ1) is 13.5. The standard InChI is InChI=1S/C11H11N5O4/c1-14(2)10(17)9-12-11(18)15(13-9)7-3-5-8(6-4-7)16(19)20/h3-6H,1-2H3,(H,12,13,18). The number of benzene rings is 1. The Morgan fingerprint density at radius 1 is 1.35 bits per heavy atom. The fourth-order valence-electron chi connectivity index (χ4n) is 1.52. The molecule has 2 rings (SSSR count). The van der Waals surface area contributed by atoms with E-state index >= 15 is 0 Å². The Hall–Kier alpha value is -2.97. The molecule has 0 spiro atoms. The summed E-state index contributed by atoms with van der Waals surface area (Å²) in [6.07, 6.45) is 0. The summed E-state index contributed by atoms with van der Waals surface area (Å²) in [6.45, 7) is 0. The van der Waals surface area contributed by atoms with Gasteiger partial charge in [0.15, 0.2) is 0 Å². The van der Waals surface area contributed by atoms with Gasteiger partial charge in [0, 0.05) is 26.2 Å². The fraction of sp³-hybridized carbons (Fsp3) is 0.182. The van der Waals surface area contributed by atoms with Crippen LogP contribution in [0.3, 0.4) is 0 Å². The van der Waals surface area contributed by atoms with E-state index in [2.05, 4.69) is 10.1 Å². The normalized spacial score (nSPS) is 10.3. The van der Waals surface area contributed by atoms with Crippen molar-refractivity contribution in [3.05, 3.63) is 50.7 Å². The first-order valence-electron chi connectivity index (χ1n) is 5.56. The van der Waals surface area contributed by atoms with Crippen LogP contribution in [0.1, 0.15) is 10.6 Å². The monoisotopic (exact) mass is 277 g/mol. The lowest BCUT2D eigenvalue weighted by atomic mass is 10.3. The van der Waals surface area contributed by atoms with Gasteiger partial charge in [0.05, 0.1) is 10.6 Å². The van der Waals surface area contributed by atoms with Gasteiger partial charge < -0.3 is 4.90 Å². The van der Waals surface area contributed by atoms with Crippen LogP contribution in [-0.4, -0.2) is 44.6 Å². The van der Waals surface area contributed by atoms with Crippen molar-refractivity contribution in [2.75, 3.05) is 14.1 Å². The van der Waals surface area contributed by atoms with Crippen LogP contribution in [0.15, 0.2) is 29.1 Å². The smallest absolute Gasteiger partial charge is 0.342 e. The Bertz CT molecular complexity index is 713.